The lowest BCUT2D eigenvalue weighted by molar-refractivity contribution is 0.184. The average Bonchev–Trinajstić information content (AvgIpc) is 2.76. The van der Waals surface area contributed by atoms with Crippen molar-refractivity contribution in [2.24, 2.45) is 16.8 Å². The SMILES string of the molecule is CC.COCc1c(C)cccc1N(N)C(=O)N(C)N.CON=C(C)c1cccc(C)c1. The standard InChI is InChI=1S/C11H18N4O2.C10H13NO.C2H6/c1-8-5-4-6-10(9(8)7-17-3)15(13)11(16)14(2)12;1-8-5-4-6-10(7-8)9(2)11-12-3;1-2/h4-6H,7,12-13H2,1-3H3;4-7H,1-3H3;1-2H3. The summed E-state index contributed by atoms with van der Waals surface area (Å²) in [6, 6.07) is 13.2. The molecule has 0 fully saturated rings. The van der Waals surface area contributed by atoms with E-state index in [9.17, 15) is 4.79 Å². The van der Waals surface area contributed by atoms with Crippen LogP contribution in [0, 0.1) is 13.8 Å². The summed E-state index contributed by atoms with van der Waals surface area (Å²) in [5, 5.41) is 5.80. The second-order valence-corrected chi connectivity index (χ2v) is 6.50. The van der Waals surface area contributed by atoms with Gasteiger partial charge in [0, 0.05) is 19.7 Å². The van der Waals surface area contributed by atoms with Crippen molar-refractivity contribution in [1.29, 1.82) is 0 Å². The molecule has 0 spiro atoms. The molecule has 0 aliphatic rings. The summed E-state index contributed by atoms with van der Waals surface area (Å²) in [6.07, 6.45) is 0. The van der Waals surface area contributed by atoms with Crippen molar-refractivity contribution in [1.82, 2.24) is 5.01 Å². The van der Waals surface area contributed by atoms with Crippen LogP contribution < -0.4 is 16.7 Å². The normalized spacial score (nSPS) is 10.2. The summed E-state index contributed by atoms with van der Waals surface area (Å²) in [4.78, 5) is 16.4. The second kappa shape index (κ2) is 15.0. The first-order chi connectivity index (χ1) is 14.7. The van der Waals surface area contributed by atoms with E-state index in [1.165, 1.54) is 12.6 Å². The molecular formula is C23H37N5O3. The van der Waals surface area contributed by atoms with Crippen LogP contribution in [0.25, 0.3) is 0 Å². The van der Waals surface area contributed by atoms with E-state index in [-0.39, 0.29) is 0 Å². The van der Waals surface area contributed by atoms with Crippen molar-refractivity contribution in [2.45, 2.75) is 41.2 Å². The minimum atomic E-state index is -0.493. The molecule has 0 saturated heterocycles. The summed E-state index contributed by atoms with van der Waals surface area (Å²) in [6.45, 7) is 10.3. The number of anilines is 1. The Morgan fingerprint density at radius 2 is 1.68 bits per heavy atom. The molecule has 172 valence electrons. The molecule has 31 heavy (non-hydrogen) atoms. The summed E-state index contributed by atoms with van der Waals surface area (Å²) >= 11 is 0. The maximum atomic E-state index is 11.7. The Hall–Kier alpha value is -2.94. The van der Waals surface area contributed by atoms with Crippen LogP contribution in [-0.2, 0) is 16.2 Å². The molecule has 0 atom stereocenters. The van der Waals surface area contributed by atoms with E-state index in [0.717, 1.165) is 32.4 Å². The van der Waals surface area contributed by atoms with Crippen molar-refractivity contribution in [3.63, 3.8) is 0 Å². The lowest BCUT2D eigenvalue weighted by Gasteiger charge is -2.23. The molecule has 0 heterocycles. The maximum Gasteiger partial charge on any atom is 0.352 e. The third-order valence-corrected chi connectivity index (χ3v) is 4.11. The van der Waals surface area contributed by atoms with E-state index in [0.29, 0.717) is 12.3 Å². The highest BCUT2D eigenvalue weighted by Crippen LogP contribution is 2.23. The Bertz CT molecular complexity index is 838. The highest BCUT2D eigenvalue weighted by molar-refractivity contribution is 5.98. The van der Waals surface area contributed by atoms with Gasteiger partial charge in [-0.2, -0.15) is 0 Å². The van der Waals surface area contributed by atoms with Crippen LogP contribution in [0.15, 0.2) is 47.6 Å². The molecule has 8 heteroatoms. The molecule has 0 bridgehead atoms. The van der Waals surface area contributed by atoms with Gasteiger partial charge in [0.2, 0.25) is 0 Å². The van der Waals surface area contributed by atoms with Gasteiger partial charge in [-0.1, -0.05) is 61.0 Å². The number of carbonyl (C=O) groups excluding carboxylic acids is 1. The summed E-state index contributed by atoms with van der Waals surface area (Å²) < 4.78 is 5.10. The van der Waals surface area contributed by atoms with Gasteiger partial charge in [-0.05, 0) is 38.0 Å². The van der Waals surface area contributed by atoms with Crippen molar-refractivity contribution in [3.8, 4) is 0 Å². The van der Waals surface area contributed by atoms with Gasteiger partial charge in [-0.25, -0.2) is 21.5 Å². The first-order valence-electron chi connectivity index (χ1n) is 10.0. The number of hydrogen-bond donors (Lipinski definition) is 2. The predicted octanol–water partition coefficient (Wildman–Crippen LogP) is 4.14. The fraction of sp³-hybridized carbons (Fsp3) is 0.391. The molecule has 0 aliphatic carbocycles. The third kappa shape index (κ3) is 9.17. The quantitative estimate of drug-likeness (QED) is 0.320. The fourth-order valence-corrected chi connectivity index (χ4v) is 2.58. The van der Waals surface area contributed by atoms with Crippen LogP contribution in [0.4, 0.5) is 10.5 Å². The number of nitrogens with two attached hydrogens (primary N) is 2. The first-order valence-corrected chi connectivity index (χ1v) is 10.0. The van der Waals surface area contributed by atoms with Crippen LogP contribution >= 0.6 is 0 Å². The van der Waals surface area contributed by atoms with Crippen molar-refractivity contribution < 1.29 is 14.4 Å². The number of urea groups is 1. The highest BCUT2D eigenvalue weighted by atomic mass is 16.6. The zero-order valence-corrected chi connectivity index (χ0v) is 20.0. The molecule has 0 aliphatic heterocycles. The Morgan fingerprint density at radius 3 is 2.19 bits per heavy atom. The fourth-order valence-electron chi connectivity index (χ4n) is 2.58. The van der Waals surface area contributed by atoms with Gasteiger partial charge in [-0.3, -0.25) is 5.01 Å². The van der Waals surface area contributed by atoms with Gasteiger partial charge >= 0.3 is 6.03 Å². The molecule has 0 saturated carbocycles. The number of nitrogens with zero attached hydrogens (tertiary/aromatic N) is 3. The number of aryl methyl sites for hydroxylation is 2. The van der Waals surface area contributed by atoms with E-state index in [4.69, 9.17) is 16.4 Å². The van der Waals surface area contributed by atoms with Crippen LogP contribution in [0.3, 0.4) is 0 Å². The van der Waals surface area contributed by atoms with Gasteiger partial charge in [0.1, 0.15) is 7.11 Å². The minimum absolute atomic E-state index is 0.386. The highest BCUT2D eigenvalue weighted by Gasteiger charge is 2.18. The number of methoxy groups -OCH3 is 1. The van der Waals surface area contributed by atoms with E-state index in [2.05, 4.69) is 29.0 Å². The molecule has 2 aromatic rings. The second-order valence-electron chi connectivity index (χ2n) is 6.50. The molecule has 0 radical (unpaired) electrons. The molecule has 0 aromatic heterocycles. The van der Waals surface area contributed by atoms with Crippen LogP contribution in [0.1, 0.15) is 43.0 Å². The zero-order valence-electron chi connectivity index (χ0n) is 20.0. The smallest absolute Gasteiger partial charge is 0.352 e. The molecule has 2 aromatic carbocycles. The molecule has 8 nitrogen and oxygen atoms in total. The maximum absolute atomic E-state index is 11.7. The first kappa shape index (κ1) is 28.1. The van der Waals surface area contributed by atoms with Crippen LogP contribution in [0.5, 0.6) is 0 Å². The Kier molecular flexibility index (Phi) is 13.5. The molecule has 0 unspecified atom stereocenters. The summed E-state index contributed by atoms with van der Waals surface area (Å²) in [7, 11) is 4.58. The van der Waals surface area contributed by atoms with Gasteiger partial charge in [-0.15, -0.1) is 0 Å². The predicted molar refractivity (Wildman–Crippen MR) is 128 cm³/mol. The van der Waals surface area contributed by atoms with Gasteiger partial charge in [0.15, 0.2) is 0 Å². The number of hydrogen-bond acceptors (Lipinski definition) is 6. The molecular weight excluding hydrogens is 394 g/mol. The minimum Gasteiger partial charge on any atom is -0.399 e. The molecule has 2 rings (SSSR count). The molecule has 4 N–H and O–H groups in total. The molecule has 2 amide bonds. The Balaban J connectivity index is 0.000000564. The monoisotopic (exact) mass is 431 g/mol. The number of hydrazine groups is 2. The van der Waals surface area contributed by atoms with E-state index in [1.54, 1.807) is 20.3 Å². The van der Waals surface area contributed by atoms with Crippen molar-refractivity contribution in [3.05, 3.63) is 64.7 Å². The largest absolute Gasteiger partial charge is 0.399 e. The van der Waals surface area contributed by atoms with Crippen LogP contribution in [0.2, 0.25) is 0 Å². The number of ether oxygens (including phenoxy) is 1. The Morgan fingerprint density at radius 1 is 1.06 bits per heavy atom. The van der Waals surface area contributed by atoms with Gasteiger partial charge in [0.05, 0.1) is 18.0 Å². The van der Waals surface area contributed by atoms with E-state index in [1.807, 2.05) is 52.0 Å². The topological polar surface area (TPSA) is 106 Å². The van der Waals surface area contributed by atoms with Crippen LogP contribution in [-0.4, -0.2) is 38.0 Å². The van der Waals surface area contributed by atoms with Gasteiger partial charge < -0.3 is 9.57 Å². The third-order valence-electron chi connectivity index (χ3n) is 4.11. The summed E-state index contributed by atoms with van der Waals surface area (Å²) in [5.41, 5.74) is 5.71. The van der Waals surface area contributed by atoms with E-state index < -0.39 is 6.03 Å². The number of rotatable bonds is 5. The van der Waals surface area contributed by atoms with Crippen molar-refractivity contribution >= 4 is 17.4 Å². The number of benzene rings is 2. The lowest BCUT2D eigenvalue weighted by Crippen LogP contribution is -2.49. The number of oxime groups is 1. The Labute approximate surface area is 186 Å². The zero-order chi connectivity index (χ0) is 24.0. The lowest BCUT2D eigenvalue weighted by atomic mass is 10.1. The summed E-state index contributed by atoms with van der Waals surface area (Å²) in [5.74, 6) is 11.1. The number of amides is 2. The van der Waals surface area contributed by atoms with E-state index >= 15 is 0 Å². The number of carbonyl (C=O) groups is 1. The van der Waals surface area contributed by atoms with Crippen molar-refractivity contribution in [2.75, 3.05) is 26.3 Å². The average molecular weight is 432 g/mol. The van der Waals surface area contributed by atoms with Gasteiger partial charge in [0.25, 0.3) is 0 Å².